The van der Waals surface area contributed by atoms with Gasteiger partial charge in [-0.2, -0.15) is 0 Å². The van der Waals surface area contributed by atoms with Gasteiger partial charge in [-0.3, -0.25) is 0 Å². The summed E-state index contributed by atoms with van der Waals surface area (Å²) >= 11 is 9.13. The first-order valence-corrected chi connectivity index (χ1v) is 7.78. The molecule has 2 aromatic carbocycles. The summed E-state index contributed by atoms with van der Waals surface area (Å²) in [6.07, 6.45) is -0.995. The molecule has 0 spiro atoms. The lowest BCUT2D eigenvalue weighted by atomic mass is 9.86. The zero-order valence-electron chi connectivity index (χ0n) is 11.8. The van der Waals surface area contributed by atoms with E-state index in [1.165, 1.54) is 7.11 Å². The van der Waals surface area contributed by atoms with E-state index in [4.69, 9.17) is 21.1 Å². The molecule has 0 aliphatic carbocycles. The van der Waals surface area contributed by atoms with E-state index in [0.717, 1.165) is 6.07 Å². The molecule has 2 aromatic rings. The second kappa shape index (κ2) is 5.78. The minimum absolute atomic E-state index is 0.0804. The fourth-order valence-electron chi connectivity index (χ4n) is 2.81. The quantitative estimate of drug-likeness (QED) is 0.779. The average molecular weight is 402 g/mol. The first kappa shape index (κ1) is 16.2. The highest BCUT2D eigenvalue weighted by Gasteiger charge is 2.58. The maximum atomic E-state index is 13.9. The number of carboxylic acids is 1. The number of carbonyl (C=O) groups is 1. The minimum atomic E-state index is -1.82. The van der Waals surface area contributed by atoms with Crippen LogP contribution in [-0.2, 0) is 15.1 Å². The molecule has 2 atom stereocenters. The number of ether oxygens (including phenoxy) is 2. The highest BCUT2D eigenvalue weighted by molar-refractivity contribution is 9.10. The van der Waals surface area contributed by atoms with Crippen molar-refractivity contribution in [3.63, 3.8) is 0 Å². The highest BCUT2D eigenvalue weighted by Crippen LogP contribution is 2.55. The molecular weight excluding hydrogens is 391 g/mol. The molecule has 0 amide bonds. The zero-order valence-corrected chi connectivity index (χ0v) is 14.2. The van der Waals surface area contributed by atoms with Gasteiger partial charge in [-0.05, 0) is 15.9 Å². The Labute approximate surface area is 144 Å². The van der Waals surface area contributed by atoms with Crippen molar-refractivity contribution in [3.8, 4) is 5.75 Å². The highest BCUT2D eigenvalue weighted by atomic mass is 79.9. The molecule has 1 aliphatic rings. The molecule has 0 aromatic heterocycles. The number of rotatable bonds is 3. The molecule has 120 valence electrons. The third-order valence-corrected chi connectivity index (χ3v) is 5.24. The lowest BCUT2D eigenvalue weighted by Crippen LogP contribution is -2.44. The second-order valence-electron chi connectivity index (χ2n) is 5.02. The maximum Gasteiger partial charge on any atom is 0.356 e. The van der Waals surface area contributed by atoms with Crippen molar-refractivity contribution < 1.29 is 23.8 Å². The third-order valence-electron chi connectivity index (χ3n) is 3.82. The summed E-state index contributed by atoms with van der Waals surface area (Å²) < 4.78 is 25.3. The zero-order chi connectivity index (χ0) is 16.8. The van der Waals surface area contributed by atoms with Crippen LogP contribution in [0.1, 0.15) is 17.2 Å². The Morgan fingerprint density at radius 3 is 2.65 bits per heavy atom. The van der Waals surface area contributed by atoms with Gasteiger partial charge in [-0.15, -0.1) is 0 Å². The molecule has 0 radical (unpaired) electrons. The van der Waals surface area contributed by atoms with Crippen molar-refractivity contribution >= 4 is 33.5 Å². The van der Waals surface area contributed by atoms with E-state index in [1.54, 1.807) is 30.3 Å². The largest absolute Gasteiger partial charge is 0.478 e. The number of methoxy groups -OCH3 is 1. The lowest BCUT2D eigenvalue weighted by molar-refractivity contribution is -0.167. The van der Waals surface area contributed by atoms with E-state index in [1.807, 2.05) is 0 Å². The number of benzene rings is 2. The maximum absolute atomic E-state index is 13.9. The first-order chi connectivity index (χ1) is 10.9. The summed E-state index contributed by atoms with van der Waals surface area (Å²) in [5.74, 6) is -1.87. The van der Waals surface area contributed by atoms with Gasteiger partial charge in [-0.25, -0.2) is 9.18 Å². The molecule has 0 fully saturated rings. The van der Waals surface area contributed by atoms with Crippen LogP contribution >= 0.6 is 27.5 Å². The third kappa shape index (κ3) is 2.24. The van der Waals surface area contributed by atoms with Gasteiger partial charge in [0.15, 0.2) is 0 Å². The van der Waals surface area contributed by atoms with Crippen molar-refractivity contribution in [1.82, 2.24) is 0 Å². The van der Waals surface area contributed by atoms with Gasteiger partial charge in [-0.1, -0.05) is 41.9 Å². The second-order valence-corrected chi connectivity index (χ2v) is 6.19. The Bertz CT molecular complexity index is 783. The van der Waals surface area contributed by atoms with Crippen LogP contribution < -0.4 is 4.74 Å². The van der Waals surface area contributed by atoms with Gasteiger partial charge in [0.1, 0.15) is 17.7 Å². The van der Waals surface area contributed by atoms with E-state index in [-0.39, 0.29) is 15.2 Å². The van der Waals surface area contributed by atoms with Gasteiger partial charge in [0.05, 0.1) is 5.02 Å². The lowest BCUT2D eigenvalue weighted by Gasteiger charge is -2.30. The fraction of sp³-hybridized carbons (Fsp3) is 0.188. The van der Waals surface area contributed by atoms with Crippen LogP contribution in [0.2, 0.25) is 5.02 Å². The Balaban J connectivity index is 2.29. The van der Waals surface area contributed by atoms with E-state index in [0.29, 0.717) is 11.1 Å². The number of fused-ring (bicyclic) bond motifs is 1. The predicted octanol–water partition coefficient (Wildman–Crippen LogP) is 4.30. The molecule has 0 saturated heterocycles. The summed E-state index contributed by atoms with van der Waals surface area (Å²) in [5.41, 5.74) is -1.07. The van der Waals surface area contributed by atoms with Gasteiger partial charge in [0.2, 0.25) is 0 Å². The number of halogens is 3. The summed E-state index contributed by atoms with van der Waals surface area (Å²) in [6, 6.07) is 9.47. The normalized spacial score (nSPS) is 22.5. The van der Waals surface area contributed by atoms with E-state index < -0.39 is 23.5 Å². The molecular formula is C16H11BrClFO4. The standard InChI is InChI=1S/C16H11BrClFO4/c1-22-14-11-10(7-9(19)13(18)12(11)17)23-16(14,15(20)21)8-5-3-2-4-6-8/h2-7,14H,1H3,(H,20,21). The van der Waals surface area contributed by atoms with Crippen molar-refractivity contribution in [2.45, 2.75) is 11.7 Å². The van der Waals surface area contributed by atoms with Gasteiger partial charge >= 0.3 is 5.97 Å². The summed E-state index contributed by atoms with van der Waals surface area (Å²) in [7, 11) is 1.37. The van der Waals surface area contributed by atoms with Crippen LogP contribution in [0.25, 0.3) is 0 Å². The van der Waals surface area contributed by atoms with Gasteiger partial charge in [0.25, 0.3) is 5.60 Å². The SMILES string of the molecule is COC1c2c(cc(F)c(Cl)c2Br)OC1(C(=O)O)c1ccccc1. The number of hydrogen-bond acceptors (Lipinski definition) is 3. The number of hydrogen-bond donors (Lipinski definition) is 1. The molecule has 7 heteroatoms. The molecule has 1 heterocycles. The Morgan fingerprint density at radius 1 is 1.43 bits per heavy atom. The molecule has 0 saturated carbocycles. The van der Waals surface area contributed by atoms with E-state index in [9.17, 15) is 14.3 Å². The van der Waals surface area contributed by atoms with Crippen LogP contribution in [-0.4, -0.2) is 18.2 Å². The number of carboxylic acid groups (broad SMARTS) is 1. The summed E-state index contributed by atoms with van der Waals surface area (Å²) in [4.78, 5) is 12.1. The van der Waals surface area contributed by atoms with Crippen molar-refractivity contribution in [1.29, 1.82) is 0 Å². The van der Waals surface area contributed by atoms with E-state index >= 15 is 0 Å². The molecule has 23 heavy (non-hydrogen) atoms. The predicted molar refractivity (Wildman–Crippen MR) is 85.2 cm³/mol. The Hall–Kier alpha value is -1.63. The van der Waals surface area contributed by atoms with Crippen molar-refractivity contribution in [3.05, 3.63) is 62.8 Å². The Morgan fingerprint density at radius 2 is 2.09 bits per heavy atom. The first-order valence-electron chi connectivity index (χ1n) is 6.61. The average Bonchev–Trinajstić information content (AvgIpc) is 2.88. The van der Waals surface area contributed by atoms with Gasteiger partial charge in [0, 0.05) is 28.8 Å². The smallest absolute Gasteiger partial charge is 0.356 e. The molecule has 4 nitrogen and oxygen atoms in total. The Kier molecular flexibility index (Phi) is 4.08. The summed E-state index contributed by atoms with van der Waals surface area (Å²) in [6.45, 7) is 0. The molecule has 1 aliphatic heterocycles. The van der Waals surface area contributed by atoms with Crippen molar-refractivity contribution in [2.24, 2.45) is 0 Å². The van der Waals surface area contributed by atoms with Crippen LogP contribution in [0.5, 0.6) is 5.75 Å². The summed E-state index contributed by atoms with van der Waals surface area (Å²) in [5, 5.41) is 9.72. The fourth-order valence-corrected chi connectivity index (χ4v) is 3.55. The van der Waals surface area contributed by atoms with Gasteiger partial charge < -0.3 is 14.6 Å². The molecule has 1 N–H and O–H groups in total. The van der Waals surface area contributed by atoms with Crippen LogP contribution in [0.3, 0.4) is 0 Å². The monoisotopic (exact) mass is 400 g/mol. The topological polar surface area (TPSA) is 55.8 Å². The molecule has 2 unspecified atom stereocenters. The van der Waals surface area contributed by atoms with Crippen LogP contribution in [0.4, 0.5) is 4.39 Å². The minimum Gasteiger partial charge on any atom is -0.478 e. The molecule has 3 rings (SSSR count). The molecule has 0 bridgehead atoms. The van der Waals surface area contributed by atoms with Crippen LogP contribution in [0, 0.1) is 5.82 Å². The van der Waals surface area contributed by atoms with Crippen molar-refractivity contribution in [2.75, 3.05) is 7.11 Å². The van der Waals surface area contributed by atoms with Crippen LogP contribution in [0.15, 0.2) is 40.9 Å². The van der Waals surface area contributed by atoms with E-state index in [2.05, 4.69) is 15.9 Å². The number of aliphatic carboxylic acids is 1.